The summed E-state index contributed by atoms with van der Waals surface area (Å²) in [5.41, 5.74) is 1.97. The number of hydrogen-bond donors (Lipinski definition) is 2. The standard InChI is InChI=1S/C23H22Cl2N4O4/c1-32-15-5-2-13(3-6-15)9-29-22(21(23(30)31)26-27-29)33-12-18-16-10-28(11-17(16)18)14-4-7-19(24)20(25)8-14/h2-8,16-18H,9-12H2,1H3,(H,30,31)/p+1. The van der Waals surface area contributed by atoms with E-state index in [9.17, 15) is 9.90 Å². The minimum absolute atomic E-state index is 0.0493. The van der Waals surface area contributed by atoms with Gasteiger partial charge in [0.05, 0.1) is 29.0 Å². The minimum atomic E-state index is -1.10. The maximum atomic E-state index is 11.7. The number of aromatic nitrogens is 3. The number of H-pyrrole nitrogens is 1. The van der Waals surface area contributed by atoms with Crippen LogP contribution in [0.3, 0.4) is 0 Å². The lowest BCUT2D eigenvalue weighted by molar-refractivity contribution is -0.749. The monoisotopic (exact) mass is 489 g/mol. The van der Waals surface area contributed by atoms with Gasteiger partial charge in [0.25, 0.3) is 0 Å². The molecule has 2 N–H and O–H groups in total. The predicted octanol–water partition coefficient (Wildman–Crippen LogP) is 3.52. The van der Waals surface area contributed by atoms with Crippen molar-refractivity contribution in [3.63, 3.8) is 0 Å². The van der Waals surface area contributed by atoms with E-state index >= 15 is 0 Å². The molecule has 3 aromatic rings. The smallest absolute Gasteiger partial charge is 0.386 e. The van der Waals surface area contributed by atoms with Crippen molar-refractivity contribution in [1.82, 2.24) is 10.3 Å². The van der Waals surface area contributed by atoms with Gasteiger partial charge in [0.15, 0.2) is 0 Å². The maximum Gasteiger partial charge on any atom is 0.386 e. The Labute approximate surface area is 200 Å². The highest BCUT2D eigenvalue weighted by molar-refractivity contribution is 6.42. The van der Waals surface area contributed by atoms with Crippen molar-refractivity contribution in [3.8, 4) is 11.6 Å². The molecule has 5 rings (SSSR count). The number of aromatic carboxylic acids is 1. The number of nitrogens with one attached hydrogen (secondary N) is 1. The zero-order chi connectivity index (χ0) is 23.1. The molecule has 2 heterocycles. The average molecular weight is 490 g/mol. The third-order valence-corrected chi connectivity index (χ3v) is 7.23. The lowest BCUT2D eigenvalue weighted by Crippen LogP contribution is -2.38. The van der Waals surface area contributed by atoms with Crippen molar-refractivity contribution < 1.29 is 24.1 Å². The van der Waals surface area contributed by atoms with E-state index in [0.717, 1.165) is 30.1 Å². The molecule has 2 unspecified atom stereocenters. The Morgan fingerprint density at radius 1 is 1.18 bits per heavy atom. The topological polar surface area (TPSA) is 91.6 Å². The molecule has 2 fully saturated rings. The van der Waals surface area contributed by atoms with E-state index in [0.29, 0.717) is 41.0 Å². The van der Waals surface area contributed by atoms with Gasteiger partial charge in [-0.3, -0.25) is 0 Å². The molecule has 1 saturated heterocycles. The number of benzene rings is 2. The molecular formula is C23H23Cl2N4O4+. The normalized spacial score (nSPS) is 21.1. The van der Waals surface area contributed by atoms with Crippen LogP contribution in [0, 0.1) is 17.8 Å². The highest BCUT2D eigenvalue weighted by atomic mass is 35.5. The molecule has 2 atom stereocenters. The molecule has 1 saturated carbocycles. The number of carboxylic acids is 1. The first kappa shape index (κ1) is 21.9. The number of nitrogens with zero attached hydrogens (tertiary/aromatic N) is 3. The van der Waals surface area contributed by atoms with Gasteiger partial charge in [-0.15, -0.1) is 5.10 Å². The first-order valence-corrected chi connectivity index (χ1v) is 11.4. The summed E-state index contributed by atoms with van der Waals surface area (Å²) < 4.78 is 12.8. The molecule has 0 amide bonds. The number of carboxylic acid groups (broad SMARTS) is 1. The number of rotatable bonds is 8. The van der Waals surface area contributed by atoms with Gasteiger partial charge in [0.1, 0.15) is 12.3 Å². The van der Waals surface area contributed by atoms with Crippen molar-refractivity contribution in [2.45, 2.75) is 6.54 Å². The van der Waals surface area contributed by atoms with Crippen LogP contribution in [0.4, 0.5) is 5.69 Å². The number of anilines is 1. The van der Waals surface area contributed by atoms with Crippen LogP contribution in [-0.4, -0.2) is 48.2 Å². The van der Waals surface area contributed by atoms with E-state index in [2.05, 4.69) is 15.2 Å². The van der Waals surface area contributed by atoms with E-state index in [4.69, 9.17) is 32.7 Å². The second-order valence-corrected chi connectivity index (χ2v) is 9.22. The first-order valence-electron chi connectivity index (χ1n) is 10.6. The molecule has 0 bridgehead atoms. The third kappa shape index (κ3) is 4.32. The number of fused-ring (bicyclic) bond motifs is 1. The predicted molar refractivity (Wildman–Crippen MR) is 122 cm³/mol. The number of aromatic amines is 1. The Morgan fingerprint density at radius 2 is 1.91 bits per heavy atom. The summed E-state index contributed by atoms with van der Waals surface area (Å²) in [6, 6.07) is 13.2. The summed E-state index contributed by atoms with van der Waals surface area (Å²) in [6.07, 6.45) is 0. The Morgan fingerprint density at radius 3 is 2.55 bits per heavy atom. The summed E-state index contributed by atoms with van der Waals surface area (Å²) >= 11 is 12.2. The highest BCUT2D eigenvalue weighted by Crippen LogP contribution is 2.52. The van der Waals surface area contributed by atoms with Crippen molar-refractivity contribution >= 4 is 34.9 Å². The first-order chi connectivity index (χ1) is 15.9. The fourth-order valence-corrected chi connectivity index (χ4v) is 4.89. The molecule has 33 heavy (non-hydrogen) atoms. The van der Waals surface area contributed by atoms with Gasteiger partial charge in [0, 0.05) is 24.7 Å². The molecule has 172 valence electrons. The molecule has 10 heteroatoms. The largest absolute Gasteiger partial charge is 0.497 e. The molecule has 0 spiro atoms. The van der Waals surface area contributed by atoms with Crippen LogP contribution in [0.2, 0.25) is 10.0 Å². The molecule has 0 radical (unpaired) electrons. The Balaban J connectivity index is 1.23. The van der Waals surface area contributed by atoms with Crippen LogP contribution in [-0.2, 0) is 6.54 Å². The summed E-state index contributed by atoms with van der Waals surface area (Å²) in [5, 5.41) is 17.4. The van der Waals surface area contributed by atoms with Gasteiger partial charge < -0.3 is 19.5 Å². The summed E-state index contributed by atoms with van der Waals surface area (Å²) in [4.78, 5) is 14.0. The molecule has 1 aromatic heterocycles. The van der Waals surface area contributed by atoms with Gasteiger partial charge >= 0.3 is 17.5 Å². The van der Waals surface area contributed by atoms with Crippen molar-refractivity contribution in [2.24, 2.45) is 17.8 Å². The van der Waals surface area contributed by atoms with Gasteiger partial charge in [-0.25, -0.2) is 4.79 Å². The molecule has 2 aromatic carbocycles. The number of ether oxygens (including phenoxy) is 2. The van der Waals surface area contributed by atoms with Gasteiger partial charge in [-0.1, -0.05) is 40.0 Å². The fourth-order valence-electron chi connectivity index (χ4n) is 4.59. The van der Waals surface area contributed by atoms with Crippen LogP contribution in [0.25, 0.3) is 0 Å². The second-order valence-electron chi connectivity index (χ2n) is 8.41. The number of hydrogen-bond acceptors (Lipinski definition) is 5. The molecule has 1 aliphatic carbocycles. The fraction of sp³-hybridized carbons (Fsp3) is 0.348. The van der Waals surface area contributed by atoms with Crippen molar-refractivity contribution in [3.05, 3.63) is 63.8 Å². The van der Waals surface area contributed by atoms with Gasteiger partial charge in [-0.2, -0.15) is 0 Å². The minimum Gasteiger partial charge on any atom is -0.497 e. The van der Waals surface area contributed by atoms with Gasteiger partial charge in [-0.05, 0) is 47.7 Å². The third-order valence-electron chi connectivity index (χ3n) is 6.49. The number of carbonyl (C=O) groups is 1. The molecule has 8 nitrogen and oxygen atoms in total. The number of piperidine rings is 1. The number of halogens is 2. The van der Waals surface area contributed by atoms with Gasteiger partial charge in [0.2, 0.25) is 0 Å². The molecule has 2 aliphatic rings. The van der Waals surface area contributed by atoms with Crippen molar-refractivity contribution in [1.29, 1.82) is 0 Å². The molecule has 1 aliphatic heterocycles. The van der Waals surface area contributed by atoms with E-state index < -0.39 is 5.97 Å². The summed E-state index contributed by atoms with van der Waals surface area (Å²) in [7, 11) is 1.61. The maximum absolute atomic E-state index is 11.7. The van der Waals surface area contributed by atoms with Crippen LogP contribution in [0.15, 0.2) is 42.5 Å². The highest BCUT2D eigenvalue weighted by Gasteiger charge is 2.56. The Hall–Kier alpha value is -2.97. The lowest BCUT2D eigenvalue weighted by atomic mass is 10.2. The SMILES string of the molecule is COc1ccc(C[n+]2n[nH]c(C(=O)O)c2OCC2C3CN(c4ccc(Cl)c(Cl)c4)CC23)cc1. The Kier molecular flexibility index (Phi) is 5.80. The van der Waals surface area contributed by atoms with E-state index in [1.165, 1.54) is 0 Å². The van der Waals surface area contributed by atoms with E-state index in [-0.39, 0.29) is 11.6 Å². The van der Waals surface area contributed by atoms with Crippen molar-refractivity contribution in [2.75, 3.05) is 31.7 Å². The zero-order valence-corrected chi connectivity index (χ0v) is 19.4. The second kappa shape index (κ2) is 8.76. The molecular weight excluding hydrogens is 467 g/mol. The summed E-state index contributed by atoms with van der Waals surface area (Å²) in [5.74, 6) is 1.29. The van der Waals surface area contributed by atoms with Crippen LogP contribution in [0.5, 0.6) is 11.6 Å². The average Bonchev–Trinajstić information content (AvgIpc) is 3.13. The Bertz CT molecular complexity index is 1170. The quantitative estimate of drug-likeness (QED) is 0.470. The number of methoxy groups -OCH3 is 1. The van der Waals surface area contributed by atoms with Crippen LogP contribution < -0.4 is 19.1 Å². The van der Waals surface area contributed by atoms with Crippen LogP contribution in [0.1, 0.15) is 16.1 Å². The zero-order valence-electron chi connectivity index (χ0n) is 17.9. The van der Waals surface area contributed by atoms with Crippen LogP contribution >= 0.6 is 23.2 Å². The van der Waals surface area contributed by atoms with E-state index in [1.54, 1.807) is 11.8 Å². The van der Waals surface area contributed by atoms with E-state index in [1.807, 2.05) is 42.5 Å². The summed E-state index contributed by atoms with van der Waals surface area (Å²) in [6.45, 7) is 2.66. The lowest BCUT2D eigenvalue weighted by Gasteiger charge is -2.22.